The second-order valence-electron chi connectivity index (χ2n) is 7.69. The van der Waals surface area contributed by atoms with Gasteiger partial charge in [0.15, 0.2) is 0 Å². The lowest BCUT2D eigenvalue weighted by Gasteiger charge is -2.29. The van der Waals surface area contributed by atoms with Gasteiger partial charge in [-0.2, -0.15) is 0 Å². The van der Waals surface area contributed by atoms with E-state index in [1.165, 1.54) is 0 Å². The highest BCUT2D eigenvalue weighted by atomic mass is 16.5. The Balaban J connectivity index is 3.51. The van der Waals surface area contributed by atoms with Crippen LogP contribution >= 0.6 is 0 Å². The molecule has 0 aliphatic carbocycles. The molecule has 4 nitrogen and oxygen atoms in total. The average Bonchev–Trinajstić information content (AvgIpc) is 2.35. The first kappa shape index (κ1) is 18.5. The van der Waals surface area contributed by atoms with Crippen molar-refractivity contribution in [3.05, 3.63) is 28.8 Å². The second kappa shape index (κ2) is 6.29. The van der Waals surface area contributed by atoms with E-state index in [1.54, 1.807) is 6.92 Å². The number of hydrogen-bond donors (Lipinski definition) is 2. The van der Waals surface area contributed by atoms with Crippen LogP contribution in [-0.2, 0) is 20.4 Å². The van der Waals surface area contributed by atoms with E-state index in [2.05, 4.69) is 0 Å². The predicted octanol–water partition coefficient (Wildman–Crippen LogP) is 3.55. The SMILES string of the molecule is CCOC(=O)[C@H](N)c1cc(C(C)(C)C)c(O)c(C(C)(C)C)c1. The normalized spacial score (nSPS) is 13.8. The Morgan fingerprint density at radius 1 is 1.14 bits per heavy atom. The van der Waals surface area contributed by atoms with Gasteiger partial charge in [-0.25, -0.2) is 4.79 Å². The van der Waals surface area contributed by atoms with Crippen molar-refractivity contribution < 1.29 is 14.6 Å². The number of benzene rings is 1. The van der Waals surface area contributed by atoms with Crippen LogP contribution in [0.2, 0.25) is 0 Å². The summed E-state index contributed by atoms with van der Waals surface area (Å²) < 4.78 is 5.01. The van der Waals surface area contributed by atoms with Gasteiger partial charge in [-0.1, -0.05) is 41.5 Å². The summed E-state index contributed by atoms with van der Waals surface area (Å²) in [5.41, 5.74) is 7.78. The Morgan fingerprint density at radius 2 is 1.55 bits per heavy atom. The molecule has 0 bridgehead atoms. The minimum atomic E-state index is -0.845. The number of phenols is 1. The molecule has 4 heteroatoms. The van der Waals surface area contributed by atoms with Crippen molar-refractivity contribution in [2.75, 3.05) is 6.61 Å². The topological polar surface area (TPSA) is 72.5 Å². The van der Waals surface area contributed by atoms with Crippen LogP contribution in [0.1, 0.15) is 71.2 Å². The molecule has 0 unspecified atom stereocenters. The van der Waals surface area contributed by atoms with E-state index in [0.29, 0.717) is 12.2 Å². The molecular weight excluding hydrogens is 278 g/mol. The van der Waals surface area contributed by atoms with E-state index in [0.717, 1.165) is 11.1 Å². The van der Waals surface area contributed by atoms with Crippen LogP contribution in [-0.4, -0.2) is 17.7 Å². The first-order valence-electron chi connectivity index (χ1n) is 7.69. The molecule has 1 aromatic rings. The van der Waals surface area contributed by atoms with Crippen LogP contribution in [0.5, 0.6) is 5.75 Å². The van der Waals surface area contributed by atoms with Crippen molar-refractivity contribution in [1.29, 1.82) is 0 Å². The second-order valence-corrected chi connectivity index (χ2v) is 7.69. The lowest BCUT2D eigenvalue weighted by atomic mass is 9.78. The third-order valence-electron chi connectivity index (χ3n) is 3.65. The molecule has 0 radical (unpaired) electrons. The lowest BCUT2D eigenvalue weighted by Crippen LogP contribution is -2.26. The Labute approximate surface area is 133 Å². The van der Waals surface area contributed by atoms with Gasteiger partial charge in [0.25, 0.3) is 0 Å². The summed E-state index contributed by atoms with van der Waals surface area (Å²) >= 11 is 0. The van der Waals surface area contributed by atoms with Crippen molar-refractivity contribution in [3.63, 3.8) is 0 Å². The van der Waals surface area contributed by atoms with Crippen molar-refractivity contribution in [2.24, 2.45) is 5.73 Å². The summed E-state index contributed by atoms with van der Waals surface area (Å²) in [6.45, 7) is 14.2. The number of esters is 1. The fourth-order valence-corrected chi connectivity index (χ4v) is 2.35. The zero-order valence-electron chi connectivity index (χ0n) is 14.8. The molecule has 3 N–H and O–H groups in total. The monoisotopic (exact) mass is 307 g/mol. The molecule has 0 aliphatic heterocycles. The number of phenolic OH excluding ortho intramolecular Hbond substituents is 1. The number of carbonyl (C=O) groups is 1. The van der Waals surface area contributed by atoms with E-state index < -0.39 is 12.0 Å². The van der Waals surface area contributed by atoms with E-state index in [9.17, 15) is 9.90 Å². The number of hydrogen-bond acceptors (Lipinski definition) is 4. The first-order chi connectivity index (χ1) is 9.89. The van der Waals surface area contributed by atoms with Gasteiger partial charge in [-0.3, -0.25) is 0 Å². The molecule has 0 amide bonds. The average molecular weight is 307 g/mol. The van der Waals surface area contributed by atoms with Crippen LogP contribution in [0.3, 0.4) is 0 Å². The smallest absolute Gasteiger partial charge is 0.327 e. The minimum Gasteiger partial charge on any atom is -0.507 e. The molecule has 22 heavy (non-hydrogen) atoms. The van der Waals surface area contributed by atoms with E-state index in [1.807, 2.05) is 53.7 Å². The van der Waals surface area contributed by atoms with E-state index in [-0.39, 0.29) is 16.6 Å². The highest BCUT2D eigenvalue weighted by molar-refractivity contribution is 5.78. The maximum atomic E-state index is 11.9. The number of nitrogens with two attached hydrogens (primary N) is 1. The Bertz CT molecular complexity index is 515. The number of carbonyl (C=O) groups excluding carboxylic acids is 1. The molecule has 124 valence electrons. The van der Waals surface area contributed by atoms with Crippen molar-refractivity contribution in [2.45, 2.75) is 65.3 Å². The summed E-state index contributed by atoms with van der Waals surface area (Å²) in [6, 6.07) is 2.78. The van der Waals surface area contributed by atoms with E-state index in [4.69, 9.17) is 10.5 Å². The predicted molar refractivity (Wildman–Crippen MR) is 89.1 cm³/mol. The van der Waals surface area contributed by atoms with Crippen LogP contribution in [0.25, 0.3) is 0 Å². The van der Waals surface area contributed by atoms with Gasteiger partial charge in [0, 0.05) is 0 Å². The minimum absolute atomic E-state index is 0.255. The molecular formula is C18H29NO3. The van der Waals surface area contributed by atoms with Gasteiger partial charge in [-0.05, 0) is 46.6 Å². The van der Waals surface area contributed by atoms with Crippen molar-refractivity contribution in [3.8, 4) is 5.75 Å². The van der Waals surface area contributed by atoms with Crippen LogP contribution in [0.4, 0.5) is 0 Å². The maximum absolute atomic E-state index is 11.9. The molecule has 0 heterocycles. The van der Waals surface area contributed by atoms with E-state index >= 15 is 0 Å². The Hall–Kier alpha value is -1.55. The maximum Gasteiger partial charge on any atom is 0.327 e. The standard InChI is InChI=1S/C18H29NO3/c1-8-22-16(21)14(19)11-9-12(17(2,3)4)15(20)13(10-11)18(5,6)7/h9-10,14,20H,8,19H2,1-7H3/t14-/m1/s1. The molecule has 0 saturated carbocycles. The van der Waals surface area contributed by atoms with Crippen LogP contribution in [0.15, 0.2) is 12.1 Å². The quantitative estimate of drug-likeness (QED) is 0.838. The summed E-state index contributed by atoms with van der Waals surface area (Å²) in [6.07, 6.45) is 0. The number of rotatable bonds is 3. The summed E-state index contributed by atoms with van der Waals surface area (Å²) in [5, 5.41) is 10.7. The zero-order valence-corrected chi connectivity index (χ0v) is 14.8. The van der Waals surface area contributed by atoms with Crippen LogP contribution < -0.4 is 5.73 Å². The molecule has 1 atom stereocenters. The third-order valence-corrected chi connectivity index (χ3v) is 3.65. The fourth-order valence-electron chi connectivity index (χ4n) is 2.35. The Morgan fingerprint density at radius 3 is 1.86 bits per heavy atom. The van der Waals surface area contributed by atoms with Gasteiger partial charge in [-0.15, -0.1) is 0 Å². The largest absolute Gasteiger partial charge is 0.507 e. The molecule has 0 spiro atoms. The summed E-state index contributed by atoms with van der Waals surface area (Å²) in [7, 11) is 0. The molecule has 0 saturated heterocycles. The summed E-state index contributed by atoms with van der Waals surface area (Å²) in [5.74, 6) is -0.173. The highest BCUT2D eigenvalue weighted by Crippen LogP contribution is 2.40. The van der Waals surface area contributed by atoms with Gasteiger partial charge < -0.3 is 15.6 Å². The van der Waals surface area contributed by atoms with Gasteiger partial charge in [0.2, 0.25) is 0 Å². The highest BCUT2D eigenvalue weighted by Gasteiger charge is 2.29. The molecule has 1 aromatic carbocycles. The van der Waals surface area contributed by atoms with Gasteiger partial charge >= 0.3 is 5.97 Å². The van der Waals surface area contributed by atoms with Crippen molar-refractivity contribution >= 4 is 5.97 Å². The lowest BCUT2D eigenvalue weighted by molar-refractivity contribution is -0.144. The van der Waals surface area contributed by atoms with Gasteiger partial charge in [0.1, 0.15) is 11.8 Å². The molecule has 1 rings (SSSR count). The number of aromatic hydroxyl groups is 1. The summed E-state index contributed by atoms with van der Waals surface area (Å²) in [4.78, 5) is 11.9. The molecule has 0 fully saturated rings. The fraction of sp³-hybridized carbons (Fsp3) is 0.611. The molecule has 0 aliphatic rings. The van der Waals surface area contributed by atoms with Crippen LogP contribution in [0, 0.1) is 0 Å². The Kier molecular flexibility index (Phi) is 5.29. The van der Waals surface area contributed by atoms with Gasteiger partial charge in [0.05, 0.1) is 6.61 Å². The zero-order chi connectivity index (χ0) is 17.3. The number of ether oxygens (including phenoxy) is 1. The first-order valence-corrected chi connectivity index (χ1v) is 7.69. The molecule has 0 aromatic heterocycles. The van der Waals surface area contributed by atoms with Crippen molar-refractivity contribution in [1.82, 2.24) is 0 Å². The third kappa shape index (κ3) is 4.01.